The Kier molecular flexibility index (Phi) is 3.97. The van der Waals surface area contributed by atoms with Gasteiger partial charge in [-0.05, 0) is 68.8 Å². The van der Waals surface area contributed by atoms with E-state index in [0.717, 1.165) is 13.0 Å². The van der Waals surface area contributed by atoms with Gasteiger partial charge in [-0.25, -0.2) is 0 Å². The topological polar surface area (TPSA) is 21.1 Å². The Bertz CT molecular complexity index is 950. The molecule has 25 heavy (non-hydrogen) atoms. The van der Waals surface area contributed by atoms with Crippen LogP contribution in [0.2, 0.25) is 0 Å². The molecule has 4 rings (SSSR count). The van der Waals surface area contributed by atoms with Crippen LogP contribution in [-0.4, -0.2) is 27.5 Å². The summed E-state index contributed by atoms with van der Waals surface area (Å²) in [5.74, 6) is 0. The summed E-state index contributed by atoms with van der Waals surface area (Å²) in [4.78, 5) is 6.59. The second-order valence-corrected chi connectivity index (χ2v) is 7.33. The number of benzene rings is 1. The SMILES string of the molecule is C/C(=C\n1c2c(c3cc(C)ccc31)CN(C)[C@@H](C)C2)c1ccncc1. The van der Waals surface area contributed by atoms with E-state index in [0.29, 0.717) is 6.04 Å². The van der Waals surface area contributed by atoms with Crippen molar-refractivity contribution in [1.82, 2.24) is 14.5 Å². The zero-order valence-electron chi connectivity index (χ0n) is 15.5. The second kappa shape index (κ2) is 6.16. The number of allylic oxidation sites excluding steroid dienone is 1. The summed E-state index contributed by atoms with van der Waals surface area (Å²) in [5, 5.41) is 1.40. The highest BCUT2D eigenvalue weighted by molar-refractivity contribution is 5.90. The summed E-state index contributed by atoms with van der Waals surface area (Å²) in [5.41, 5.74) is 8.06. The maximum Gasteiger partial charge on any atom is 0.0529 e. The van der Waals surface area contributed by atoms with Crippen LogP contribution in [0.15, 0.2) is 42.7 Å². The highest BCUT2D eigenvalue weighted by atomic mass is 15.1. The van der Waals surface area contributed by atoms with E-state index < -0.39 is 0 Å². The average Bonchev–Trinajstić information content (AvgIpc) is 2.89. The lowest BCUT2D eigenvalue weighted by Gasteiger charge is -2.30. The molecule has 1 atom stereocenters. The molecule has 0 spiro atoms. The Morgan fingerprint density at radius 3 is 2.72 bits per heavy atom. The van der Waals surface area contributed by atoms with Crippen molar-refractivity contribution in [2.24, 2.45) is 0 Å². The molecule has 3 nitrogen and oxygen atoms in total. The molecule has 0 bridgehead atoms. The summed E-state index contributed by atoms with van der Waals surface area (Å²) in [6.07, 6.45) is 7.09. The van der Waals surface area contributed by atoms with E-state index in [9.17, 15) is 0 Å². The van der Waals surface area contributed by atoms with Gasteiger partial charge in [0.15, 0.2) is 0 Å². The number of hydrogen-bond donors (Lipinski definition) is 0. The van der Waals surface area contributed by atoms with Crippen molar-refractivity contribution in [1.29, 1.82) is 0 Å². The van der Waals surface area contributed by atoms with Crippen LogP contribution in [0.25, 0.3) is 22.7 Å². The van der Waals surface area contributed by atoms with Crippen LogP contribution in [-0.2, 0) is 13.0 Å². The monoisotopic (exact) mass is 331 g/mol. The van der Waals surface area contributed by atoms with Gasteiger partial charge in [-0.2, -0.15) is 0 Å². The van der Waals surface area contributed by atoms with Crippen molar-refractivity contribution in [3.8, 4) is 0 Å². The van der Waals surface area contributed by atoms with Crippen molar-refractivity contribution in [2.75, 3.05) is 7.05 Å². The molecule has 1 aliphatic rings. The van der Waals surface area contributed by atoms with E-state index in [1.165, 1.54) is 38.9 Å². The van der Waals surface area contributed by atoms with Gasteiger partial charge in [0.25, 0.3) is 0 Å². The van der Waals surface area contributed by atoms with Crippen molar-refractivity contribution in [3.05, 3.63) is 65.1 Å². The minimum atomic E-state index is 0.561. The fourth-order valence-corrected chi connectivity index (χ4v) is 3.82. The third kappa shape index (κ3) is 2.79. The van der Waals surface area contributed by atoms with E-state index in [2.05, 4.69) is 78.8 Å². The van der Waals surface area contributed by atoms with Crippen LogP contribution in [0.5, 0.6) is 0 Å². The Hall–Kier alpha value is -2.39. The van der Waals surface area contributed by atoms with E-state index >= 15 is 0 Å². The summed E-state index contributed by atoms with van der Waals surface area (Å²) in [6, 6.07) is 11.5. The Morgan fingerprint density at radius 1 is 1.20 bits per heavy atom. The van der Waals surface area contributed by atoms with E-state index in [1.54, 1.807) is 0 Å². The molecule has 0 amide bonds. The molecular weight excluding hydrogens is 306 g/mol. The molecule has 128 valence electrons. The maximum absolute atomic E-state index is 4.13. The smallest absolute Gasteiger partial charge is 0.0529 e. The van der Waals surface area contributed by atoms with Gasteiger partial charge in [-0.3, -0.25) is 9.88 Å². The third-order valence-electron chi connectivity index (χ3n) is 5.48. The highest BCUT2D eigenvalue weighted by Crippen LogP contribution is 2.34. The average molecular weight is 331 g/mol. The third-order valence-corrected chi connectivity index (χ3v) is 5.48. The summed E-state index contributed by atoms with van der Waals surface area (Å²) in [7, 11) is 2.23. The lowest BCUT2D eigenvalue weighted by atomic mass is 9.99. The molecule has 1 aliphatic heterocycles. The number of aryl methyl sites for hydroxylation is 1. The summed E-state index contributed by atoms with van der Waals surface area (Å²) in [6.45, 7) is 7.69. The molecule has 0 radical (unpaired) electrons. The molecule has 0 fully saturated rings. The molecular formula is C22H25N3. The van der Waals surface area contributed by atoms with Gasteiger partial charge in [-0.15, -0.1) is 0 Å². The van der Waals surface area contributed by atoms with E-state index in [4.69, 9.17) is 0 Å². The lowest BCUT2D eigenvalue weighted by Crippen LogP contribution is -2.35. The molecule has 0 saturated heterocycles. The number of likely N-dealkylation sites (N-methyl/N-ethyl adjacent to an activating group) is 1. The van der Waals surface area contributed by atoms with Crippen molar-refractivity contribution >= 4 is 22.7 Å². The minimum absolute atomic E-state index is 0.561. The quantitative estimate of drug-likeness (QED) is 0.676. The second-order valence-electron chi connectivity index (χ2n) is 7.33. The predicted molar refractivity (Wildman–Crippen MR) is 105 cm³/mol. The van der Waals surface area contributed by atoms with Crippen LogP contribution in [0.1, 0.15) is 36.2 Å². The first-order valence-electron chi connectivity index (χ1n) is 8.96. The number of hydrogen-bond acceptors (Lipinski definition) is 2. The van der Waals surface area contributed by atoms with Crippen LogP contribution < -0.4 is 0 Å². The lowest BCUT2D eigenvalue weighted by molar-refractivity contribution is 0.230. The minimum Gasteiger partial charge on any atom is -0.320 e. The molecule has 3 heterocycles. The molecule has 0 aliphatic carbocycles. The fraction of sp³-hybridized carbons (Fsp3) is 0.318. The van der Waals surface area contributed by atoms with Crippen LogP contribution in [0, 0.1) is 6.92 Å². The Balaban J connectivity index is 1.93. The standard InChI is InChI=1S/C22H25N3/c1-15-5-6-21-19(11-15)20-14-24(4)17(3)12-22(20)25(21)13-16(2)18-7-9-23-10-8-18/h5-11,13,17H,12,14H2,1-4H3/b16-13+/t17-/m0/s1. The number of pyridine rings is 1. The fourth-order valence-electron chi connectivity index (χ4n) is 3.82. The van der Waals surface area contributed by atoms with Gasteiger partial charge in [0.2, 0.25) is 0 Å². The maximum atomic E-state index is 4.13. The van der Waals surface area contributed by atoms with Crippen molar-refractivity contribution < 1.29 is 0 Å². The number of fused-ring (bicyclic) bond motifs is 3. The van der Waals surface area contributed by atoms with Crippen molar-refractivity contribution in [3.63, 3.8) is 0 Å². The van der Waals surface area contributed by atoms with E-state index in [-0.39, 0.29) is 0 Å². The van der Waals surface area contributed by atoms with Gasteiger partial charge in [0.1, 0.15) is 0 Å². The Labute approximate surface area is 149 Å². The first-order valence-corrected chi connectivity index (χ1v) is 8.96. The zero-order chi connectivity index (χ0) is 17.6. The van der Waals surface area contributed by atoms with Crippen LogP contribution in [0.3, 0.4) is 0 Å². The van der Waals surface area contributed by atoms with Crippen molar-refractivity contribution in [2.45, 2.75) is 39.8 Å². The first kappa shape index (κ1) is 16.1. The molecule has 0 N–H and O–H groups in total. The summed E-state index contributed by atoms with van der Waals surface area (Å²) < 4.78 is 2.42. The molecule has 2 aromatic heterocycles. The van der Waals surface area contributed by atoms with Crippen LogP contribution >= 0.6 is 0 Å². The van der Waals surface area contributed by atoms with E-state index in [1.807, 2.05) is 12.4 Å². The highest BCUT2D eigenvalue weighted by Gasteiger charge is 2.26. The van der Waals surface area contributed by atoms with Gasteiger partial charge < -0.3 is 4.57 Å². The molecule has 1 aromatic carbocycles. The zero-order valence-corrected chi connectivity index (χ0v) is 15.5. The molecule has 0 saturated carbocycles. The van der Waals surface area contributed by atoms with Gasteiger partial charge in [0.05, 0.1) is 5.52 Å². The van der Waals surface area contributed by atoms with Gasteiger partial charge in [-0.1, -0.05) is 11.6 Å². The first-order chi connectivity index (χ1) is 12.0. The molecule has 3 heteroatoms. The molecule has 0 unspecified atom stereocenters. The largest absolute Gasteiger partial charge is 0.320 e. The predicted octanol–water partition coefficient (Wildman–Crippen LogP) is 4.74. The number of nitrogens with zero attached hydrogens (tertiary/aromatic N) is 3. The van der Waals surface area contributed by atoms with Gasteiger partial charge in [0, 0.05) is 48.7 Å². The normalized spacial score (nSPS) is 18.6. The number of rotatable bonds is 2. The van der Waals surface area contributed by atoms with Crippen LogP contribution in [0.4, 0.5) is 0 Å². The summed E-state index contributed by atoms with van der Waals surface area (Å²) >= 11 is 0. The van der Waals surface area contributed by atoms with Gasteiger partial charge >= 0.3 is 0 Å². The molecule has 3 aromatic rings. The Morgan fingerprint density at radius 2 is 1.96 bits per heavy atom. The number of aromatic nitrogens is 2.